The summed E-state index contributed by atoms with van der Waals surface area (Å²) in [6.45, 7) is 2.29. The zero-order valence-corrected chi connectivity index (χ0v) is 11.6. The minimum absolute atomic E-state index is 0.0203. The summed E-state index contributed by atoms with van der Waals surface area (Å²) in [4.78, 5) is 0. The van der Waals surface area contributed by atoms with E-state index in [0.29, 0.717) is 22.9 Å². The van der Waals surface area contributed by atoms with Crippen LogP contribution in [0.3, 0.4) is 0 Å². The van der Waals surface area contributed by atoms with Crippen LogP contribution in [0.5, 0.6) is 0 Å². The van der Waals surface area contributed by atoms with Crippen LogP contribution in [0, 0.1) is 17.7 Å². The van der Waals surface area contributed by atoms with Crippen molar-refractivity contribution in [1.29, 1.82) is 0 Å². The molecule has 1 aliphatic rings. The van der Waals surface area contributed by atoms with Crippen molar-refractivity contribution in [3.05, 3.63) is 34.6 Å². The third-order valence-electron chi connectivity index (χ3n) is 4.17. The highest BCUT2D eigenvalue weighted by atomic mass is 35.5. The minimum Gasteiger partial charge on any atom is -0.327 e. The molecule has 1 aliphatic carbocycles. The van der Waals surface area contributed by atoms with Gasteiger partial charge in [-0.15, -0.1) is 0 Å². The summed E-state index contributed by atoms with van der Waals surface area (Å²) in [6, 6.07) is 4.84. The Hall–Kier alpha value is -0.600. The lowest BCUT2D eigenvalue weighted by Gasteiger charge is -2.30. The predicted molar refractivity (Wildman–Crippen MR) is 74.2 cm³/mol. The van der Waals surface area contributed by atoms with Crippen LogP contribution in [0.1, 0.15) is 38.2 Å². The Morgan fingerprint density at radius 3 is 2.61 bits per heavy atom. The van der Waals surface area contributed by atoms with Crippen molar-refractivity contribution in [3.63, 3.8) is 0 Å². The fourth-order valence-electron chi connectivity index (χ4n) is 2.84. The molecule has 0 saturated heterocycles. The second-order valence-corrected chi connectivity index (χ2v) is 6.00. The van der Waals surface area contributed by atoms with Crippen LogP contribution >= 0.6 is 11.6 Å². The molecule has 1 saturated carbocycles. The maximum atomic E-state index is 13.7. The SMILES string of the molecule is CC1CCC(C(N)Cc2c(F)cccc2Cl)CC1. The van der Waals surface area contributed by atoms with Gasteiger partial charge in [-0.1, -0.05) is 37.4 Å². The monoisotopic (exact) mass is 269 g/mol. The maximum Gasteiger partial charge on any atom is 0.127 e. The minimum atomic E-state index is -0.234. The third kappa shape index (κ3) is 3.24. The number of hydrogen-bond acceptors (Lipinski definition) is 1. The summed E-state index contributed by atoms with van der Waals surface area (Å²) in [5.74, 6) is 1.09. The molecule has 0 bridgehead atoms. The van der Waals surface area contributed by atoms with Gasteiger partial charge < -0.3 is 5.73 Å². The second-order valence-electron chi connectivity index (χ2n) is 5.59. The molecule has 1 nitrogen and oxygen atoms in total. The standard InChI is InChI=1S/C15H21ClFN/c1-10-5-7-11(8-6-10)15(18)9-12-13(16)3-2-4-14(12)17/h2-4,10-11,15H,5-9,18H2,1H3. The van der Waals surface area contributed by atoms with Crippen molar-refractivity contribution >= 4 is 11.6 Å². The fourth-order valence-corrected chi connectivity index (χ4v) is 3.08. The van der Waals surface area contributed by atoms with E-state index in [0.717, 1.165) is 18.8 Å². The lowest BCUT2D eigenvalue weighted by atomic mass is 9.78. The highest BCUT2D eigenvalue weighted by molar-refractivity contribution is 6.31. The van der Waals surface area contributed by atoms with Crippen LogP contribution in [0.2, 0.25) is 5.02 Å². The normalized spacial score (nSPS) is 26.0. The van der Waals surface area contributed by atoms with E-state index in [1.807, 2.05) is 0 Å². The number of rotatable bonds is 3. The van der Waals surface area contributed by atoms with Crippen LogP contribution in [-0.2, 0) is 6.42 Å². The molecular formula is C15H21ClFN. The van der Waals surface area contributed by atoms with Crippen molar-refractivity contribution in [1.82, 2.24) is 0 Å². The van der Waals surface area contributed by atoms with E-state index in [-0.39, 0.29) is 11.9 Å². The number of benzene rings is 1. The van der Waals surface area contributed by atoms with Crippen LogP contribution in [-0.4, -0.2) is 6.04 Å². The number of hydrogen-bond donors (Lipinski definition) is 1. The first-order valence-electron chi connectivity index (χ1n) is 6.76. The van der Waals surface area contributed by atoms with Crippen molar-refractivity contribution < 1.29 is 4.39 Å². The molecule has 1 unspecified atom stereocenters. The molecule has 1 aromatic rings. The second kappa shape index (κ2) is 6.03. The van der Waals surface area contributed by atoms with E-state index in [1.165, 1.54) is 18.9 Å². The molecule has 1 aromatic carbocycles. The van der Waals surface area contributed by atoms with E-state index < -0.39 is 0 Å². The topological polar surface area (TPSA) is 26.0 Å². The molecule has 2 N–H and O–H groups in total. The van der Waals surface area contributed by atoms with Crippen molar-refractivity contribution in [2.75, 3.05) is 0 Å². The van der Waals surface area contributed by atoms with E-state index in [9.17, 15) is 4.39 Å². The predicted octanol–water partition coefficient (Wildman–Crippen LogP) is 4.18. The Balaban J connectivity index is 2.00. The van der Waals surface area contributed by atoms with Gasteiger partial charge in [-0.2, -0.15) is 0 Å². The summed E-state index contributed by atoms with van der Waals surface area (Å²) in [6.07, 6.45) is 5.35. The van der Waals surface area contributed by atoms with Gasteiger partial charge in [-0.3, -0.25) is 0 Å². The quantitative estimate of drug-likeness (QED) is 0.875. The van der Waals surface area contributed by atoms with Gasteiger partial charge in [0.1, 0.15) is 5.82 Å². The Labute approximate surface area is 114 Å². The largest absolute Gasteiger partial charge is 0.327 e. The summed E-state index contributed by atoms with van der Waals surface area (Å²) in [5.41, 5.74) is 6.81. The van der Waals surface area contributed by atoms with E-state index in [4.69, 9.17) is 17.3 Å². The van der Waals surface area contributed by atoms with E-state index in [1.54, 1.807) is 12.1 Å². The zero-order valence-electron chi connectivity index (χ0n) is 10.8. The molecule has 2 rings (SSSR count). The molecule has 0 radical (unpaired) electrons. The maximum absolute atomic E-state index is 13.7. The lowest BCUT2D eigenvalue weighted by Crippen LogP contribution is -2.35. The van der Waals surface area contributed by atoms with Crippen LogP contribution < -0.4 is 5.73 Å². The van der Waals surface area contributed by atoms with Gasteiger partial charge in [-0.25, -0.2) is 4.39 Å². The van der Waals surface area contributed by atoms with Gasteiger partial charge in [0.25, 0.3) is 0 Å². The zero-order chi connectivity index (χ0) is 13.1. The molecule has 0 heterocycles. The summed E-state index contributed by atoms with van der Waals surface area (Å²) in [7, 11) is 0. The molecule has 0 spiro atoms. The van der Waals surface area contributed by atoms with Crippen molar-refractivity contribution in [2.45, 2.75) is 45.1 Å². The van der Waals surface area contributed by atoms with Crippen LogP contribution in [0.4, 0.5) is 4.39 Å². The van der Waals surface area contributed by atoms with Crippen LogP contribution in [0.25, 0.3) is 0 Å². The average Bonchev–Trinajstić information content (AvgIpc) is 2.34. The van der Waals surface area contributed by atoms with Crippen molar-refractivity contribution in [2.24, 2.45) is 17.6 Å². The van der Waals surface area contributed by atoms with E-state index in [2.05, 4.69) is 6.92 Å². The summed E-state index contributed by atoms with van der Waals surface area (Å²) in [5, 5.41) is 0.495. The Morgan fingerprint density at radius 2 is 2.00 bits per heavy atom. The summed E-state index contributed by atoms with van der Waals surface area (Å²) >= 11 is 6.04. The third-order valence-corrected chi connectivity index (χ3v) is 4.52. The van der Waals surface area contributed by atoms with Gasteiger partial charge in [0.2, 0.25) is 0 Å². The Bertz CT molecular complexity index is 379. The summed E-state index contributed by atoms with van der Waals surface area (Å²) < 4.78 is 13.7. The Kier molecular flexibility index (Phi) is 4.63. The molecule has 18 heavy (non-hydrogen) atoms. The highest BCUT2D eigenvalue weighted by Gasteiger charge is 2.25. The fraction of sp³-hybridized carbons (Fsp3) is 0.600. The van der Waals surface area contributed by atoms with Crippen LogP contribution in [0.15, 0.2) is 18.2 Å². The lowest BCUT2D eigenvalue weighted by molar-refractivity contribution is 0.252. The molecule has 100 valence electrons. The first-order chi connectivity index (χ1) is 8.58. The van der Waals surface area contributed by atoms with Gasteiger partial charge >= 0.3 is 0 Å². The molecule has 1 fully saturated rings. The molecule has 0 amide bonds. The van der Waals surface area contributed by atoms with Gasteiger partial charge in [0, 0.05) is 16.6 Å². The Morgan fingerprint density at radius 1 is 1.33 bits per heavy atom. The molecule has 0 aliphatic heterocycles. The average molecular weight is 270 g/mol. The molecular weight excluding hydrogens is 249 g/mol. The first-order valence-corrected chi connectivity index (χ1v) is 7.14. The van der Waals surface area contributed by atoms with Gasteiger partial charge in [0.15, 0.2) is 0 Å². The molecule has 0 aromatic heterocycles. The smallest absolute Gasteiger partial charge is 0.127 e. The highest BCUT2D eigenvalue weighted by Crippen LogP contribution is 2.32. The van der Waals surface area contributed by atoms with Gasteiger partial charge in [0.05, 0.1) is 0 Å². The van der Waals surface area contributed by atoms with Gasteiger partial charge in [-0.05, 0) is 43.2 Å². The number of nitrogens with two attached hydrogens (primary N) is 1. The molecule has 1 atom stereocenters. The van der Waals surface area contributed by atoms with Crippen molar-refractivity contribution in [3.8, 4) is 0 Å². The molecule has 3 heteroatoms. The van der Waals surface area contributed by atoms with E-state index >= 15 is 0 Å². The number of halogens is 2. The first kappa shape index (κ1) is 13.8.